The molecule has 0 N–H and O–H groups in total. The van der Waals surface area contributed by atoms with Crippen molar-refractivity contribution in [2.75, 3.05) is 18.0 Å². The zero-order valence-corrected chi connectivity index (χ0v) is 12.4. The van der Waals surface area contributed by atoms with Gasteiger partial charge in [0.15, 0.2) is 0 Å². The lowest BCUT2D eigenvalue weighted by molar-refractivity contribution is 0.503. The van der Waals surface area contributed by atoms with Crippen LogP contribution in [0.2, 0.25) is 0 Å². The first-order valence-electron chi connectivity index (χ1n) is 7.49. The van der Waals surface area contributed by atoms with Gasteiger partial charge in [0.2, 0.25) is 0 Å². The van der Waals surface area contributed by atoms with Gasteiger partial charge in [0.05, 0.1) is 0 Å². The fourth-order valence-electron chi connectivity index (χ4n) is 3.09. The predicted octanol–water partition coefficient (Wildman–Crippen LogP) is 3.80. The Morgan fingerprint density at radius 1 is 1.05 bits per heavy atom. The number of rotatable bonds is 3. The minimum atomic E-state index is 0.708. The second-order valence-electron chi connectivity index (χ2n) is 5.89. The number of hydrogen-bond acceptors (Lipinski definition) is 4. The quantitative estimate of drug-likeness (QED) is 0.859. The molecule has 2 aromatic rings. The van der Waals surface area contributed by atoms with E-state index in [1.807, 2.05) is 11.3 Å². The highest BCUT2D eigenvalue weighted by molar-refractivity contribution is 7.07. The van der Waals surface area contributed by atoms with Crippen LogP contribution in [-0.4, -0.2) is 23.1 Å². The third kappa shape index (κ3) is 2.44. The van der Waals surface area contributed by atoms with Gasteiger partial charge >= 0.3 is 0 Å². The van der Waals surface area contributed by atoms with Gasteiger partial charge in [-0.25, -0.2) is 9.97 Å². The summed E-state index contributed by atoms with van der Waals surface area (Å²) in [4.78, 5) is 11.3. The number of hydrogen-bond donors (Lipinski definition) is 0. The van der Waals surface area contributed by atoms with Crippen molar-refractivity contribution < 1.29 is 0 Å². The SMILES string of the molecule is c1nc(C2CC2)cc(N2CCC(c3ccsc3)CC2)n1. The third-order valence-corrected chi connectivity index (χ3v) is 5.20. The summed E-state index contributed by atoms with van der Waals surface area (Å²) in [5.41, 5.74) is 2.77. The molecule has 2 aliphatic rings. The van der Waals surface area contributed by atoms with Crippen LogP contribution < -0.4 is 4.90 Å². The first kappa shape index (κ1) is 12.3. The van der Waals surface area contributed by atoms with Crippen molar-refractivity contribution in [3.8, 4) is 0 Å². The average molecular weight is 285 g/mol. The summed E-state index contributed by atoms with van der Waals surface area (Å²) in [6.45, 7) is 2.23. The predicted molar refractivity (Wildman–Crippen MR) is 82.5 cm³/mol. The highest BCUT2D eigenvalue weighted by atomic mass is 32.1. The van der Waals surface area contributed by atoms with E-state index in [-0.39, 0.29) is 0 Å². The van der Waals surface area contributed by atoms with Gasteiger partial charge in [0.1, 0.15) is 12.1 Å². The second-order valence-corrected chi connectivity index (χ2v) is 6.67. The van der Waals surface area contributed by atoms with Crippen molar-refractivity contribution in [3.05, 3.63) is 40.5 Å². The molecule has 0 spiro atoms. The lowest BCUT2D eigenvalue weighted by Gasteiger charge is -2.32. The summed E-state index contributed by atoms with van der Waals surface area (Å²) in [7, 11) is 0. The Labute approximate surface area is 123 Å². The summed E-state index contributed by atoms with van der Waals surface area (Å²) in [6.07, 6.45) is 6.82. The second kappa shape index (κ2) is 5.17. The van der Waals surface area contributed by atoms with Crippen molar-refractivity contribution in [1.29, 1.82) is 0 Å². The van der Waals surface area contributed by atoms with Gasteiger partial charge in [-0.15, -0.1) is 0 Å². The van der Waals surface area contributed by atoms with Crippen LogP contribution in [0.4, 0.5) is 5.82 Å². The van der Waals surface area contributed by atoms with E-state index in [0.29, 0.717) is 5.92 Å². The molecule has 0 unspecified atom stereocenters. The van der Waals surface area contributed by atoms with Gasteiger partial charge in [-0.2, -0.15) is 11.3 Å². The normalized spacial score (nSPS) is 20.3. The van der Waals surface area contributed by atoms with Gasteiger partial charge in [-0.1, -0.05) is 0 Å². The molecule has 0 aromatic carbocycles. The van der Waals surface area contributed by atoms with Crippen LogP contribution in [0.15, 0.2) is 29.2 Å². The van der Waals surface area contributed by atoms with E-state index >= 15 is 0 Å². The summed E-state index contributed by atoms with van der Waals surface area (Å²) in [5, 5.41) is 4.49. The van der Waals surface area contributed by atoms with Crippen LogP contribution in [0.5, 0.6) is 0 Å². The van der Waals surface area contributed by atoms with Crippen molar-refractivity contribution in [3.63, 3.8) is 0 Å². The molecule has 1 saturated heterocycles. The van der Waals surface area contributed by atoms with Crippen molar-refractivity contribution in [2.24, 2.45) is 0 Å². The Hall–Kier alpha value is -1.42. The molecule has 1 saturated carbocycles. The Kier molecular flexibility index (Phi) is 3.19. The van der Waals surface area contributed by atoms with Crippen LogP contribution in [-0.2, 0) is 0 Å². The molecule has 4 heteroatoms. The Bertz CT molecular complexity index is 569. The van der Waals surface area contributed by atoms with Gasteiger partial charge in [-0.3, -0.25) is 0 Å². The maximum Gasteiger partial charge on any atom is 0.132 e. The van der Waals surface area contributed by atoms with E-state index < -0.39 is 0 Å². The zero-order valence-electron chi connectivity index (χ0n) is 11.5. The molecule has 104 valence electrons. The molecule has 1 aliphatic heterocycles. The molecular weight excluding hydrogens is 266 g/mol. The minimum Gasteiger partial charge on any atom is -0.356 e. The maximum atomic E-state index is 4.48. The molecule has 4 rings (SSSR count). The fraction of sp³-hybridized carbons (Fsp3) is 0.500. The van der Waals surface area contributed by atoms with Gasteiger partial charge < -0.3 is 4.90 Å². The van der Waals surface area contributed by atoms with E-state index in [4.69, 9.17) is 0 Å². The van der Waals surface area contributed by atoms with Crippen LogP contribution >= 0.6 is 11.3 Å². The zero-order chi connectivity index (χ0) is 13.4. The minimum absolute atomic E-state index is 0.708. The first-order valence-corrected chi connectivity index (χ1v) is 8.43. The molecule has 0 atom stereocenters. The molecular formula is C16H19N3S. The van der Waals surface area contributed by atoms with E-state index in [1.54, 1.807) is 6.33 Å². The molecule has 3 heterocycles. The molecule has 0 amide bonds. The molecule has 2 fully saturated rings. The summed E-state index contributed by atoms with van der Waals surface area (Å²) >= 11 is 1.81. The van der Waals surface area contributed by atoms with Crippen LogP contribution in [0.3, 0.4) is 0 Å². The Morgan fingerprint density at radius 2 is 1.90 bits per heavy atom. The molecule has 0 bridgehead atoms. The van der Waals surface area contributed by atoms with Crippen molar-refractivity contribution >= 4 is 17.2 Å². The lowest BCUT2D eigenvalue weighted by Crippen LogP contribution is -2.33. The smallest absolute Gasteiger partial charge is 0.132 e. The molecule has 20 heavy (non-hydrogen) atoms. The van der Waals surface area contributed by atoms with Crippen LogP contribution in [0.1, 0.15) is 48.8 Å². The highest BCUT2D eigenvalue weighted by Gasteiger charge is 2.27. The number of thiophene rings is 1. The van der Waals surface area contributed by atoms with Gasteiger partial charge in [0, 0.05) is 30.8 Å². The standard InChI is InChI=1S/C16H19N3S/c1-2-13(1)15-9-16(18-11-17-15)19-6-3-12(4-7-19)14-5-8-20-10-14/h5,8-13H,1-4,6-7H2. The van der Waals surface area contributed by atoms with Gasteiger partial charge in [-0.05, 0) is 54.0 Å². The largest absolute Gasteiger partial charge is 0.356 e. The fourth-order valence-corrected chi connectivity index (χ4v) is 3.83. The molecule has 1 aliphatic carbocycles. The number of anilines is 1. The summed E-state index contributed by atoms with van der Waals surface area (Å²) in [5.74, 6) is 2.58. The Balaban J connectivity index is 1.44. The first-order chi connectivity index (χ1) is 9.90. The van der Waals surface area contributed by atoms with E-state index in [9.17, 15) is 0 Å². The number of piperidine rings is 1. The molecule has 0 radical (unpaired) electrons. The van der Waals surface area contributed by atoms with Crippen LogP contribution in [0.25, 0.3) is 0 Å². The number of aromatic nitrogens is 2. The van der Waals surface area contributed by atoms with E-state index in [1.165, 1.54) is 36.9 Å². The van der Waals surface area contributed by atoms with Crippen molar-refractivity contribution in [1.82, 2.24) is 9.97 Å². The average Bonchev–Trinajstić information content (AvgIpc) is 3.23. The molecule has 3 nitrogen and oxygen atoms in total. The third-order valence-electron chi connectivity index (χ3n) is 4.50. The van der Waals surface area contributed by atoms with E-state index in [2.05, 4.69) is 37.8 Å². The lowest BCUT2D eigenvalue weighted by atomic mass is 9.91. The maximum absolute atomic E-state index is 4.48. The van der Waals surface area contributed by atoms with Gasteiger partial charge in [0.25, 0.3) is 0 Å². The molecule has 2 aromatic heterocycles. The van der Waals surface area contributed by atoms with Crippen molar-refractivity contribution in [2.45, 2.75) is 37.5 Å². The van der Waals surface area contributed by atoms with Crippen LogP contribution in [0, 0.1) is 0 Å². The van der Waals surface area contributed by atoms with E-state index in [0.717, 1.165) is 24.8 Å². The Morgan fingerprint density at radius 3 is 2.60 bits per heavy atom. The highest BCUT2D eigenvalue weighted by Crippen LogP contribution is 2.40. The number of nitrogens with zero attached hydrogens (tertiary/aromatic N) is 3. The summed E-state index contributed by atoms with van der Waals surface area (Å²) < 4.78 is 0. The summed E-state index contributed by atoms with van der Waals surface area (Å²) in [6, 6.07) is 4.49. The monoisotopic (exact) mass is 285 g/mol. The topological polar surface area (TPSA) is 29.0 Å².